The first-order chi connectivity index (χ1) is 9.69. The molecule has 0 spiro atoms. The molecule has 2 nitrogen and oxygen atoms in total. The van der Waals surface area contributed by atoms with E-state index in [4.69, 9.17) is 0 Å². The van der Waals surface area contributed by atoms with Gasteiger partial charge in [-0.1, -0.05) is 42.5 Å². The van der Waals surface area contributed by atoms with Crippen molar-refractivity contribution in [3.63, 3.8) is 0 Å². The van der Waals surface area contributed by atoms with Crippen molar-refractivity contribution in [2.24, 2.45) is 0 Å². The molecule has 2 N–H and O–H groups in total. The third-order valence-electron chi connectivity index (χ3n) is 3.33. The molecule has 0 aliphatic carbocycles. The van der Waals surface area contributed by atoms with Gasteiger partial charge in [0.25, 0.3) is 0 Å². The molecule has 20 heavy (non-hydrogen) atoms. The van der Waals surface area contributed by atoms with Crippen LogP contribution in [0.2, 0.25) is 0 Å². The van der Waals surface area contributed by atoms with E-state index in [9.17, 15) is 9.50 Å². The fraction of sp³-hybridized carbons (Fsp3) is 0.294. The molecule has 2 rings (SSSR count). The number of nitrogens with one attached hydrogen (secondary N) is 1. The lowest BCUT2D eigenvalue weighted by Gasteiger charge is -2.22. The standard InChI is InChI=1S/C17H20FNO/c1-13(11-14-7-9-16(18)10-8-14)19-17(12-20)15-5-3-2-4-6-15/h2-10,13,17,19-20H,11-12H2,1H3/t13?,17-/m0/s1. The van der Waals surface area contributed by atoms with Crippen molar-refractivity contribution in [2.75, 3.05) is 6.61 Å². The molecule has 0 heterocycles. The summed E-state index contributed by atoms with van der Waals surface area (Å²) in [5, 5.41) is 12.9. The van der Waals surface area contributed by atoms with Gasteiger partial charge in [-0.15, -0.1) is 0 Å². The molecule has 0 aliphatic rings. The van der Waals surface area contributed by atoms with Crippen LogP contribution in [-0.2, 0) is 6.42 Å². The minimum absolute atomic E-state index is 0.0533. The Morgan fingerprint density at radius 3 is 2.30 bits per heavy atom. The Kier molecular flexibility index (Phi) is 5.27. The van der Waals surface area contributed by atoms with Gasteiger partial charge in [0, 0.05) is 6.04 Å². The fourth-order valence-corrected chi connectivity index (χ4v) is 2.32. The molecule has 2 aromatic carbocycles. The number of benzene rings is 2. The van der Waals surface area contributed by atoms with Crippen molar-refractivity contribution in [1.29, 1.82) is 0 Å². The van der Waals surface area contributed by atoms with E-state index in [2.05, 4.69) is 12.2 Å². The number of aliphatic hydroxyl groups is 1. The molecular formula is C17H20FNO. The zero-order valence-electron chi connectivity index (χ0n) is 11.6. The second-order valence-corrected chi connectivity index (χ2v) is 5.04. The van der Waals surface area contributed by atoms with Crippen molar-refractivity contribution >= 4 is 0 Å². The lowest BCUT2D eigenvalue weighted by molar-refractivity contribution is 0.234. The van der Waals surface area contributed by atoms with Crippen LogP contribution < -0.4 is 5.32 Å². The summed E-state index contributed by atoms with van der Waals surface area (Å²) in [6, 6.07) is 16.5. The number of hydrogen-bond acceptors (Lipinski definition) is 2. The molecule has 1 unspecified atom stereocenters. The van der Waals surface area contributed by atoms with Gasteiger partial charge in [0.15, 0.2) is 0 Å². The normalized spacial score (nSPS) is 13.9. The van der Waals surface area contributed by atoms with Crippen molar-refractivity contribution in [3.05, 3.63) is 71.5 Å². The number of aliphatic hydroxyl groups excluding tert-OH is 1. The maximum absolute atomic E-state index is 12.9. The van der Waals surface area contributed by atoms with Crippen LogP contribution in [0.5, 0.6) is 0 Å². The zero-order chi connectivity index (χ0) is 14.4. The molecule has 0 saturated heterocycles. The molecule has 0 amide bonds. The molecule has 0 aromatic heterocycles. The molecule has 0 fully saturated rings. The van der Waals surface area contributed by atoms with Gasteiger partial charge in [-0.25, -0.2) is 4.39 Å². The Bertz CT molecular complexity index is 512. The highest BCUT2D eigenvalue weighted by molar-refractivity contribution is 5.20. The molecule has 2 atom stereocenters. The fourth-order valence-electron chi connectivity index (χ4n) is 2.32. The minimum Gasteiger partial charge on any atom is -0.394 e. The third-order valence-corrected chi connectivity index (χ3v) is 3.33. The molecular weight excluding hydrogens is 253 g/mol. The minimum atomic E-state index is -0.216. The summed E-state index contributed by atoms with van der Waals surface area (Å²) in [5.41, 5.74) is 2.15. The molecule has 106 valence electrons. The van der Waals surface area contributed by atoms with E-state index < -0.39 is 0 Å². The average molecular weight is 273 g/mol. The third kappa shape index (κ3) is 4.15. The SMILES string of the molecule is CC(Cc1ccc(F)cc1)N[C@@H](CO)c1ccccc1. The van der Waals surface area contributed by atoms with Crippen LogP contribution in [0.1, 0.15) is 24.1 Å². The monoisotopic (exact) mass is 273 g/mol. The van der Waals surface area contributed by atoms with Crippen LogP contribution in [0.4, 0.5) is 4.39 Å². The van der Waals surface area contributed by atoms with Crippen molar-refractivity contribution < 1.29 is 9.50 Å². The van der Waals surface area contributed by atoms with Gasteiger partial charge < -0.3 is 10.4 Å². The second kappa shape index (κ2) is 7.17. The van der Waals surface area contributed by atoms with E-state index >= 15 is 0 Å². The van der Waals surface area contributed by atoms with E-state index in [-0.39, 0.29) is 24.5 Å². The van der Waals surface area contributed by atoms with Crippen LogP contribution in [0.15, 0.2) is 54.6 Å². The highest BCUT2D eigenvalue weighted by atomic mass is 19.1. The van der Waals surface area contributed by atoms with Gasteiger partial charge in [0.05, 0.1) is 12.6 Å². The number of rotatable bonds is 6. The van der Waals surface area contributed by atoms with Gasteiger partial charge in [-0.3, -0.25) is 0 Å². The Balaban J connectivity index is 1.95. The highest BCUT2D eigenvalue weighted by Crippen LogP contribution is 2.14. The van der Waals surface area contributed by atoms with Crippen molar-refractivity contribution in [3.8, 4) is 0 Å². The summed E-state index contributed by atoms with van der Waals surface area (Å²) < 4.78 is 12.9. The topological polar surface area (TPSA) is 32.3 Å². The average Bonchev–Trinajstić information content (AvgIpc) is 2.48. The van der Waals surface area contributed by atoms with E-state index in [1.165, 1.54) is 12.1 Å². The Labute approximate surface area is 119 Å². The van der Waals surface area contributed by atoms with Gasteiger partial charge in [0.2, 0.25) is 0 Å². The van der Waals surface area contributed by atoms with Crippen LogP contribution in [-0.4, -0.2) is 17.8 Å². The highest BCUT2D eigenvalue weighted by Gasteiger charge is 2.13. The molecule has 0 radical (unpaired) electrons. The van der Waals surface area contributed by atoms with E-state index in [0.717, 1.165) is 17.5 Å². The Hall–Kier alpha value is -1.71. The number of halogens is 1. The van der Waals surface area contributed by atoms with E-state index in [0.29, 0.717) is 0 Å². The summed E-state index contributed by atoms with van der Waals surface area (Å²) >= 11 is 0. The van der Waals surface area contributed by atoms with Crippen LogP contribution >= 0.6 is 0 Å². The summed E-state index contributed by atoms with van der Waals surface area (Å²) in [4.78, 5) is 0. The second-order valence-electron chi connectivity index (χ2n) is 5.04. The largest absolute Gasteiger partial charge is 0.394 e. The predicted octanol–water partition coefficient (Wildman–Crippen LogP) is 3.08. The van der Waals surface area contributed by atoms with Crippen molar-refractivity contribution in [2.45, 2.75) is 25.4 Å². The smallest absolute Gasteiger partial charge is 0.123 e. The first-order valence-electron chi connectivity index (χ1n) is 6.85. The summed E-state index contributed by atoms with van der Waals surface area (Å²) in [6.45, 7) is 2.12. The summed E-state index contributed by atoms with van der Waals surface area (Å²) in [6.07, 6.45) is 0.795. The molecule has 2 aromatic rings. The molecule has 3 heteroatoms. The van der Waals surface area contributed by atoms with Gasteiger partial charge in [-0.2, -0.15) is 0 Å². The molecule has 0 bridgehead atoms. The van der Waals surface area contributed by atoms with Gasteiger partial charge >= 0.3 is 0 Å². The number of hydrogen-bond donors (Lipinski definition) is 2. The maximum Gasteiger partial charge on any atom is 0.123 e. The van der Waals surface area contributed by atoms with Crippen molar-refractivity contribution in [1.82, 2.24) is 5.32 Å². The summed E-state index contributed by atoms with van der Waals surface area (Å²) in [5.74, 6) is -0.216. The molecule has 0 aliphatic heterocycles. The van der Waals surface area contributed by atoms with Crippen LogP contribution in [0, 0.1) is 5.82 Å². The van der Waals surface area contributed by atoms with Crippen LogP contribution in [0.25, 0.3) is 0 Å². The van der Waals surface area contributed by atoms with E-state index in [1.807, 2.05) is 30.3 Å². The maximum atomic E-state index is 12.9. The quantitative estimate of drug-likeness (QED) is 0.847. The zero-order valence-corrected chi connectivity index (χ0v) is 11.6. The first-order valence-corrected chi connectivity index (χ1v) is 6.85. The lowest BCUT2D eigenvalue weighted by atomic mass is 10.0. The van der Waals surface area contributed by atoms with Crippen LogP contribution in [0.3, 0.4) is 0 Å². The summed E-state index contributed by atoms with van der Waals surface area (Å²) in [7, 11) is 0. The Morgan fingerprint density at radius 1 is 1.05 bits per heavy atom. The predicted molar refractivity (Wildman–Crippen MR) is 79.0 cm³/mol. The van der Waals surface area contributed by atoms with Gasteiger partial charge in [-0.05, 0) is 36.6 Å². The Morgan fingerprint density at radius 2 is 1.70 bits per heavy atom. The first kappa shape index (κ1) is 14.7. The molecule has 0 saturated carbocycles. The lowest BCUT2D eigenvalue weighted by Crippen LogP contribution is -2.34. The van der Waals surface area contributed by atoms with E-state index in [1.54, 1.807) is 12.1 Å². The van der Waals surface area contributed by atoms with Gasteiger partial charge in [0.1, 0.15) is 5.82 Å².